The zero-order chi connectivity index (χ0) is 18.3. The van der Waals surface area contributed by atoms with Crippen LogP contribution in [0.2, 0.25) is 0 Å². The third kappa shape index (κ3) is 3.13. The maximum absolute atomic E-state index is 13.7. The molecule has 0 saturated carbocycles. The van der Waals surface area contributed by atoms with Gasteiger partial charge in [0, 0.05) is 11.8 Å². The lowest BCUT2D eigenvalue weighted by molar-refractivity contribution is 0.361. The Bertz CT molecular complexity index is 1000. The van der Waals surface area contributed by atoms with E-state index in [1.807, 2.05) is 6.92 Å². The van der Waals surface area contributed by atoms with E-state index in [0.717, 1.165) is 10.6 Å². The number of hydrogen-bond acceptors (Lipinski definition) is 5. The number of halogens is 5. The molecule has 0 unspecified atom stereocenters. The fraction of sp³-hybridized carbons (Fsp3) is 0.214. The summed E-state index contributed by atoms with van der Waals surface area (Å²) in [6.45, 7) is 1.85. The number of aryl methyl sites for hydroxylation is 1. The highest BCUT2D eigenvalue weighted by Crippen LogP contribution is 2.32. The van der Waals surface area contributed by atoms with Crippen molar-refractivity contribution in [2.24, 2.45) is 0 Å². The van der Waals surface area contributed by atoms with Crippen LogP contribution in [0.1, 0.15) is 17.6 Å². The minimum Gasteiger partial charge on any atom is -0.267 e. The SMILES string of the molecule is CCc1nn2c(=O)cc(CSc3c(F)c(F)c(F)c(F)c3F)nc2s1. The Morgan fingerprint density at radius 2 is 1.68 bits per heavy atom. The Morgan fingerprint density at radius 3 is 2.28 bits per heavy atom. The van der Waals surface area contributed by atoms with Gasteiger partial charge in [-0.25, -0.2) is 26.9 Å². The van der Waals surface area contributed by atoms with Crippen LogP contribution in [-0.4, -0.2) is 14.6 Å². The van der Waals surface area contributed by atoms with Crippen molar-refractivity contribution in [3.8, 4) is 0 Å². The number of rotatable bonds is 4. The summed E-state index contributed by atoms with van der Waals surface area (Å²) in [6.07, 6.45) is 0.599. The molecule has 3 aromatic rings. The van der Waals surface area contributed by atoms with Crippen molar-refractivity contribution < 1.29 is 22.0 Å². The maximum Gasteiger partial charge on any atom is 0.275 e. The Kier molecular flexibility index (Phi) is 4.78. The van der Waals surface area contributed by atoms with Gasteiger partial charge in [-0.05, 0) is 6.42 Å². The molecule has 0 atom stereocenters. The fourth-order valence-corrected chi connectivity index (χ4v) is 3.70. The second-order valence-electron chi connectivity index (χ2n) is 4.82. The van der Waals surface area contributed by atoms with Gasteiger partial charge in [0.05, 0.1) is 10.6 Å². The number of nitrogens with zero attached hydrogens (tertiary/aromatic N) is 3. The summed E-state index contributed by atoms with van der Waals surface area (Å²) in [5, 5.41) is 4.72. The van der Waals surface area contributed by atoms with Crippen molar-refractivity contribution in [1.29, 1.82) is 0 Å². The molecule has 0 aliphatic rings. The summed E-state index contributed by atoms with van der Waals surface area (Å²) >= 11 is 1.54. The van der Waals surface area contributed by atoms with Gasteiger partial charge in [0.15, 0.2) is 23.3 Å². The Morgan fingerprint density at radius 1 is 1.08 bits per heavy atom. The number of thioether (sulfide) groups is 1. The van der Waals surface area contributed by atoms with E-state index in [-0.39, 0.29) is 16.4 Å². The highest BCUT2D eigenvalue weighted by Gasteiger charge is 2.26. The van der Waals surface area contributed by atoms with Crippen LogP contribution in [0, 0.1) is 29.1 Å². The summed E-state index contributed by atoms with van der Waals surface area (Å²) in [5.74, 6) is -10.3. The molecule has 0 saturated heterocycles. The summed E-state index contributed by atoms with van der Waals surface area (Å²) in [5.41, 5.74) is -0.348. The van der Waals surface area contributed by atoms with E-state index in [4.69, 9.17) is 0 Å². The van der Waals surface area contributed by atoms with Crippen molar-refractivity contribution in [2.75, 3.05) is 0 Å². The van der Waals surface area contributed by atoms with Crippen LogP contribution >= 0.6 is 23.1 Å². The van der Waals surface area contributed by atoms with Gasteiger partial charge < -0.3 is 0 Å². The number of benzene rings is 1. The highest BCUT2D eigenvalue weighted by molar-refractivity contribution is 7.98. The molecule has 2 heterocycles. The van der Waals surface area contributed by atoms with Crippen LogP contribution in [-0.2, 0) is 12.2 Å². The molecule has 3 rings (SSSR count). The molecule has 1 aromatic carbocycles. The van der Waals surface area contributed by atoms with Gasteiger partial charge in [-0.3, -0.25) is 4.79 Å². The topological polar surface area (TPSA) is 47.3 Å². The van der Waals surface area contributed by atoms with Crippen molar-refractivity contribution in [2.45, 2.75) is 24.0 Å². The van der Waals surface area contributed by atoms with E-state index < -0.39 is 39.5 Å². The van der Waals surface area contributed by atoms with E-state index in [2.05, 4.69) is 10.1 Å². The Balaban J connectivity index is 1.95. The minimum absolute atomic E-state index is 0.144. The monoisotopic (exact) mass is 393 g/mol. The zero-order valence-corrected chi connectivity index (χ0v) is 14.1. The second kappa shape index (κ2) is 6.71. The van der Waals surface area contributed by atoms with Gasteiger partial charge in [-0.15, -0.1) is 11.8 Å². The first-order valence-electron chi connectivity index (χ1n) is 6.86. The lowest BCUT2D eigenvalue weighted by atomic mass is 10.3. The molecule has 25 heavy (non-hydrogen) atoms. The molecule has 0 bridgehead atoms. The van der Waals surface area contributed by atoms with Crippen LogP contribution < -0.4 is 5.56 Å². The Hall–Kier alpha value is -2.01. The standard InChI is InChI=1S/C14H8F5N3OS2/c1-2-6-21-22-7(23)3-5(20-14(22)25-6)4-24-13-11(18)9(16)8(15)10(17)12(13)19/h3H,2,4H2,1H3. The van der Waals surface area contributed by atoms with Crippen molar-refractivity contribution in [1.82, 2.24) is 14.6 Å². The predicted octanol–water partition coefficient (Wildman–Crippen LogP) is 3.70. The van der Waals surface area contributed by atoms with Crippen molar-refractivity contribution in [3.05, 3.63) is 56.2 Å². The average Bonchev–Trinajstić information content (AvgIpc) is 3.02. The number of hydrogen-bond donors (Lipinski definition) is 0. The van der Waals surface area contributed by atoms with Gasteiger partial charge in [0.2, 0.25) is 10.8 Å². The molecule has 0 spiro atoms. The quantitative estimate of drug-likeness (QED) is 0.294. The normalized spacial score (nSPS) is 11.4. The van der Waals surface area contributed by atoms with E-state index in [1.54, 1.807) is 0 Å². The van der Waals surface area contributed by atoms with Gasteiger partial charge >= 0.3 is 0 Å². The lowest BCUT2D eigenvalue weighted by Gasteiger charge is -2.07. The van der Waals surface area contributed by atoms with Crippen LogP contribution in [0.4, 0.5) is 22.0 Å². The second-order valence-corrected chi connectivity index (χ2v) is 6.84. The first-order chi connectivity index (χ1) is 11.8. The highest BCUT2D eigenvalue weighted by atomic mass is 32.2. The third-order valence-electron chi connectivity index (χ3n) is 3.18. The summed E-state index contributed by atoms with van der Waals surface area (Å²) in [7, 11) is 0. The largest absolute Gasteiger partial charge is 0.275 e. The number of aromatic nitrogens is 3. The summed E-state index contributed by atoms with van der Waals surface area (Å²) < 4.78 is 67.8. The molecule has 2 aromatic heterocycles. The van der Waals surface area contributed by atoms with E-state index in [0.29, 0.717) is 23.2 Å². The molecule has 132 valence electrons. The predicted molar refractivity (Wildman–Crippen MR) is 82.3 cm³/mol. The first-order valence-corrected chi connectivity index (χ1v) is 8.66. The first kappa shape index (κ1) is 17.8. The third-order valence-corrected chi connectivity index (χ3v) is 5.32. The maximum atomic E-state index is 13.7. The minimum atomic E-state index is -2.21. The van der Waals surface area contributed by atoms with Crippen molar-refractivity contribution in [3.63, 3.8) is 0 Å². The van der Waals surface area contributed by atoms with Crippen molar-refractivity contribution >= 4 is 28.1 Å². The fourth-order valence-electron chi connectivity index (χ4n) is 1.97. The molecule has 0 fully saturated rings. The summed E-state index contributed by atoms with van der Waals surface area (Å²) in [6, 6.07) is 1.10. The van der Waals surface area contributed by atoms with Gasteiger partial charge in [0.1, 0.15) is 5.01 Å². The molecular formula is C14H8F5N3OS2. The molecule has 0 amide bonds. The number of fused-ring (bicyclic) bond motifs is 1. The van der Waals surface area contributed by atoms with Gasteiger partial charge in [0.25, 0.3) is 5.56 Å². The van der Waals surface area contributed by atoms with E-state index in [9.17, 15) is 26.7 Å². The van der Waals surface area contributed by atoms with E-state index >= 15 is 0 Å². The molecule has 0 aliphatic carbocycles. The van der Waals surface area contributed by atoms with Crippen LogP contribution in [0.5, 0.6) is 0 Å². The smallest absolute Gasteiger partial charge is 0.267 e. The van der Waals surface area contributed by atoms with Crippen LogP contribution in [0.25, 0.3) is 4.96 Å². The van der Waals surface area contributed by atoms with Gasteiger partial charge in [-0.2, -0.15) is 9.61 Å². The molecule has 0 aliphatic heterocycles. The molecule has 0 N–H and O–H groups in total. The van der Waals surface area contributed by atoms with Gasteiger partial charge in [-0.1, -0.05) is 18.3 Å². The zero-order valence-electron chi connectivity index (χ0n) is 12.4. The van der Waals surface area contributed by atoms with Crippen LogP contribution in [0.15, 0.2) is 15.8 Å². The van der Waals surface area contributed by atoms with E-state index in [1.165, 1.54) is 11.3 Å². The Labute approximate surface area is 145 Å². The average molecular weight is 393 g/mol. The molecule has 11 heteroatoms. The summed E-state index contributed by atoms with van der Waals surface area (Å²) in [4.78, 5) is 15.4. The molecule has 4 nitrogen and oxygen atoms in total. The molecular weight excluding hydrogens is 385 g/mol. The lowest BCUT2D eigenvalue weighted by Crippen LogP contribution is -2.15. The van der Waals surface area contributed by atoms with Crippen LogP contribution in [0.3, 0.4) is 0 Å². The molecule has 0 radical (unpaired) electrons.